The molecule has 0 amide bonds. The number of nitrogens with two attached hydrogens (primary N) is 3. The van der Waals surface area contributed by atoms with E-state index in [-0.39, 0.29) is 79.4 Å². The molecule has 532 valence electrons. The van der Waals surface area contributed by atoms with Crippen molar-refractivity contribution in [3.05, 3.63) is 213 Å². The third-order valence-electron chi connectivity index (χ3n) is 16.7. The number of hydrogen-bond acceptors (Lipinski definition) is 18. The Morgan fingerprint density at radius 1 is 0.520 bits per heavy atom. The van der Waals surface area contributed by atoms with Crippen LogP contribution in [0.4, 0.5) is 74.4 Å². The first-order valence-corrected chi connectivity index (χ1v) is 32.3. The molecule has 28 heteroatoms. The number of nitrogen functional groups attached to an aromatic ring is 3. The highest BCUT2D eigenvalue weighted by Gasteiger charge is 2.41. The first kappa shape index (κ1) is 72.9. The lowest BCUT2D eigenvalue weighted by molar-refractivity contribution is -0.138. The van der Waals surface area contributed by atoms with Crippen molar-refractivity contribution in [3.63, 3.8) is 0 Å². The lowest BCUT2D eigenvalue weighted by atomic mass is 9.99. The zero-order valence-corrected chi connectivity index (χ0v) is 54.8. The van der Waals surface area contributed by atoms with Gasteiger partial charge in [0.05, 0.1) is 50.5 Å². The molecule has 0 unspecified atom stereocenters. The van der Waals surface area contributed by atoms with Gasteiger partial charge in [-0.25, -0.2) is 29.9 Å². The number of nitrogens with zero attached hydrogens (tertiary/aromatic N) is 9. The van der Waals surface area contributed by atoms with Gasteiger partial charge in [0.1, 0.15) is 52.0 Å². The van der Waals surface area contributed by atoms with Gasteiger partial charge in [0.2, 0.25) is 17.3 Å². The van der Waals surface area contributed by atoms with Crippen molar-refractivity contribution < 1.29 is 63.9 Å². The second-order valence-electron chi connectivity index (χ2n) is 24.4. The Morgan fingerprint density at radius 2 is 0.908 bits per heavy atom. The first-order valence-electron chi connectivity index (χ1n) is 31.9. The summed E-state index contributed by atoms with van der Waals surface area (Å²) >= 11 is 5.86. The van der Waals surface area contributed by atoms with Gasteiger partial charge in [0, 0.05) is 92.5 Å². The predicted octanol–water partition coefficient (Wildman–Crippen LogP) is 14.8. The van der Waals surface area contributed by atoms with Crippen molar-refractivity contribution in [2.24, 2.45) is 5.92 Å². The maximum atomic E-state index is 13.8. The number of piperazine rings is 3. The summed E-state index contributed by atoms with van der Waals surface area (Å²) in [5, 5.41) is 10.8. The number of hydrogen-bond donors (Lipinski definition) is 6. The Labute approximate surface area is 576 Å². The third kappa shape index (κ3) is 18.3. The molecule has 5 atom stereocenters. The van der Waals surface area contributed by atoms with Crippen LogP contribution in [0.1, 0.15) is 158 Å². The Bertz CT molecular complexity index is 3910. The van der Waals surface area contributed by atoms with Crippen LogP contribution in [0, 0.1) is 5.92 Å². The topological polar surface area (TPSA) is 252 Å². The van der Waals surface area contributed by atoms with Gasteiger partial charge in [-0.15, -0.1) is 0 Å². The van der Waals surface area contributed by atoms with Gasteiger partial charge < -0.3 is 47.9 Å². The Balaban J connectivity index is 0.000000519. The summed E-state index contributed by atoms with van der Waals surface area (Å²) in [6.45, 7) is 12.4. The maximum absolute atomic E-state index is 13.8. The normalized spacial score (nSPS) is 18.3. The van der Waals surface area contributed by atoms with E-state index in [0.717, 1.165) is 61.4 Å². The number of aromatic nitrogens is 6. The number of carbonyl (C=O) groups is 3. The molecule has 3 aliphatic rings. The summed E-state index contributed by atoms with van der Waals surface area (Å²) in [7, 11) is 0. The molecule has 0 bridgehead atoms. The number of pyridine rings is 6. The molecule has 6 aromatic heterocycles. The van der Waals surface area contributed by atoms with E-state index in [1.165, 1.54) is 67.1 Å². The minimum Gasteiger partial charge on any atom is -0.383 e. The van der Waals surface area contributed by atoms with Gasteiger partial charge in [-0.3, -0.25) is 14.4 Å². The molecule has 3 aliphatic heterocycles. The van der Waals surface area contributed by atoms with Crippen molar-refractivity contribution in [2.45, 2.75) is 109 Å². The van der Waals surface area contributed by atoms with Gasteiger partial charge in [0.25, 0.3) is 0 Å². The van der Waals surface area contributed by atoms with E-state index in [2.05, 4.69) is 73.5 Å². The van der Waals surface area contributed by atoms with E-state index in [0.29, 0.717) is 69.2 Å². The molecule has 9 heterocycles. The molecule has 0 saturated carbocycles. The number of benzene rings is 2. The second-order valence-corrected chi connectivity index (χ2v) is 24.8. The Morgan fingerprint density at radius 3 is 1.30 bits per heavy atom. The number of ketones is 3. The number of nitrogens with one attached hydrogen (secondary N) is 3. The van der Waals surface area contributed by atoms with Crippen LogP contribution in [0.5, 0.6) is 0 Å². The molecule has 3 fully saturated rings. The van der Waals surface area contributed by atoms with Gasteiger partial charge in [0.15, 0.2) is 0 Å². The van der Waals surface area contributed by atoms with Gasteiger partial charge >= 0.3 is 18.5 Å². The fourth-order valence-corrected chi connectivity index (χ4v) is 12.3. The van der Waals surface area contributed by atoms with Crippen LogP contribution in [0.3, 0.4) is 0 Å². The minimum absolute atomic E-state index is 0. The van der Waals surface area contributed by atoms with E-state index in [1.807, 2.05) is 75.4 Å². The predicted molar refractivity (Wildman–Crippen MR) is 374 cm³/mol. The second kappa shape index (κ2) is 31.9. The number of alkyl halides is 9. The number of anilines is 6. The van der Waals surface area contributed by atoms with Crippen molar-refractivity contribution >= 4 is 63.9 Å². The maximum Gasteiger partial charge on any atom is 0.418 e. The highest BCUT2D eigenvalue weighted by Crippen LogP contribution is 2.39. The van der Waals surface area contributed by atoms with Crippen LogP contribution < -0.4 is 47.9 Å². The molecular formula is C70H89ClF9N15O3. The van der Waals surface area contributed by atoms with Crippen LogP contribution >= 0.6 is 11.6 Å². The van der Waals surface area contributed by atoms with Crippen LogP contribution in [0.15, 0.2) is 146 Å². The molecule has 98 heavy (non-hydrogen) atoms. The molecular weight excluding hydrogens is 1310 g/mol. The fraction of sp³-hybridized carbons (Fsp3) is 0.357. The lowest BCUT2D eigenvalue weighted by Crippen LogP contribution is -2.52. The SMILES string of the molecule is CC(C)C[C@H]1CN(c2ccc(C(F)(F)F)c(C(=O)c3cc(Cl)cnc3N)n2)CCN1.CCC[C@H]1CN(c2ccc(C(F)(F)F)c(C(=O)c3cccnc3N)n2)C[C@@H](c2ccccc2)N1.CCC[C@H]1CN(c2ccc(C(F)(F)F)c(C(=O)c3cccnc3N)n2)C[C@H](c2ccccc2)N1.[HH].[HH].[HH].[HH].[HH].[HH].[HH]. The van der Waals surface area contributed by atoms with E-state index < -0.39 is 69.7 Å². The smallest absolute Gasteiger partial charge is 0.383 e. The quantitative estimate of drug-likeness (QED) is 0.0366. The Kier molecular flexibility index (Phi) is 23.8. The standard InChI is InChI=1S/2C25H26F3N5O.C20H23ClF3N5O.7H2/c2*1-2-7-17-14-33(15-20(31-17)16-8-4-3-5-9-16)21-12-11-19(25(26,27)28)22(32-21)23(34)18-10-6-13-30-24(18)29;1-11(2)7-13-10-29(6-5-26-13)16-4-3-15(20(22,23)24)17(28-16)18(30)14-8-12(21)9-27-19(14)25;;;;;;;/h2*3-6,8-13,17,20,31H,2,7,14-15H2,1H3,(H2,29,30);3-4,8-9,11,13,26H,5-7,10H2,1-2H3,(H2,25,27);7*1H/t17-,20+;17-,20-;13-;;;;;;;/m000......./s1. The average Bonchev–Trinajstić information content (AvgIpc) is 0.789. The van der Waals surface area contributed by atoms with E-state index in [4.69, 9.17) is 28.8 Å². The summed E-state index contributed by atoms with van der Waals surface area (Å²) in [4.78, 5) is 69.0. The fourth-order valence-electron chi connectivity index (χ4n) is 12.2. The number of rotatable bonds is 17. The van der Waals surface area contributed by atoms with Crippen molar-refractivity contribution in [1.29, 1.82) is 0 Å². The highest BCUT2D eigenvalue weighted by atomic mass is 35.5. The van der Waals surface area contributed by atoms with Gasteiger partial charge in [-0.05, 0) is 103 Å². The summed E-state index contributed by atoms with van der Waals surface area (Å²) in [6.07, 6.45) is -5.63. The van der Waals surface area contributed by atoms with E-state index in [9.17, 15) is 53.9 Å². The molecule has 0 radical (unpaired) electrons. The molecule has 11 rings (SSSR count). The third-order valence-corrected chi connectivity index (χ3v) is 16.9. The van der Waals surface area contributed by atoms with Crippen molar-refractivity contribution in [2.75, 3.05) is 77.7 Å². The van der Waals surface area contributed by atoms with Crippen LogP contribution in [-0.2, 0) is 18.5 Å². The highest BCUT2D eigenvalue weighted by molar-refractivity contribution is 6.31. The zero-order valence-electron chi connectivity index (χ0n) is 54.1. The summed E-state index contributed by atoms with van der Waals surface area (Å²) in [5.74, 6) is -1.82. The van der Waals surface area contributed by atoms with Crippen LogP contribution in [0.2, 0.25) is 5.02 Å². The molecule has 0 aliphatic carbocycles. The van der Waals surface area contributed by atoms with Crippen molar-refractivity contribution in [3.8, 4) is 0 Å². The summed E-state index contributed by atoms with van der Waals surface area (Å²) in [5.41, 5.74) is 13.6. The first-order chi connectivity index (χ1) is 46.6. The zero-order chi connectivity index (χ0) is 70.6. The van der Waals surface area contributed by atoms with E-state index in [1.54, 1.807) is 0 Å². The van der Waals surface area contributed by atoms with Gasteiger partial charge in [-0.1, -0.05) is 113 Å². The number of carbonyl (C=O) groups excluding carboxylic acids is 3. The van der Waals surface area contributed by atoms with Crippen LogP contribution in [0.25, 0.3) is 0 Å². The number of halogens is 10. The molecule has 9 N–H and O–H groups in total. The Hall–Kier alpha value is -9.31. The molecule has 2 aromatic carbocycles. The largest absolute Gasteiger partial charge is 0.418 e. The van der Waals surface area contributed by atoms with Gasteiger partial charge in [-0.2, -0.15) is 39.5 Å². The molecule has 18 nitrogen and oxygen atoms in total. The lowest BCUT2D eigenvalue weighted by Gasteiger charge is -2.40. The average molecular weight is 1400 g/mol. The summed E-state index contributed by atoms with van der Waals surface area (Å²) < 4.78 is 123. The summed E-state index contributed by atoms with van der Waals surface area (Å²) in [6, 6.07) is 33.7. The molecule has 8 aromatic rings. The van der Waals surface area contributed by atoms with Crippen molar-refractivity contribution in [1.82, 2.24) is 45.9 Å². The van der Waals surface area contributed by atoms with Crippen LogP contribution in [-0.4, -0.2) is 111 Å². The monoisotopic (exact) mass is 1390 g/mol. The van der Waals surface area contributed by atoms with E-state index >= 15 is 0 Å². The molecule has 3 saturated heterocycles. The minimum atomic E-state index is -4.75. The molecule has 0 spiro atoms.